The van der Waals surface area contributed by atoms with Gasteiger partial charge in [-0.15, -0.1) is 0 Å². The maximum atomic E-state index is 0. The van der Waals surface area contributed by atoms with Crippen LogP contribution in [-0.4, -0.2) is 0 Å². The Labute approximate surface area is 161 Å². The molecule has 54 valence electrons. The van der Waals surface area contributed by atoms with E-state index in [1.165, 1.54) is 0 Å². The summed E-state index contributed by atoms with van der Waals surface area (Å²) < 4.78 is 0. The summed E-state index contributed by atoms with van der Waals surface area (Å²) in [6.45, 7) is 0. The van der Waals surface area contributed by atoms with Crippen molar-refractivity contribution in [3.8, 4) is 0 Å². The molecule has 0 N–H and O–H groups in total. The van der Waals surface area contributed by atoms with Crippen LogP contribution < -0.4 is 144 Å². The van der Waals surface area contributed by atoms with Crippen molar-refractivity contribution in [2.75, 3.05) is 0 Å². The first-order valence-corrected chi connectivity index (χ1v) is 0. The van der Waals surface area contributed by atoms with E-state index in [4.69, 9.17) is 0 Å². The zero-order valence-electron chi connectivity index (χ0n) is 2.68. The molecule has 0 aromatic carbocycles. The maximum absolute atomic E-state index is 0. The first-order chi connectivity index (χ1) is 0. The summed E-state index contributed by atoms with van der Waals surface area (Å²) >= 11 is 0. The van der Waals surface area contributed by atoms with E-state index in [9.17, 15) is 0 Å². The normalized spacial score (nSPS) is 0. The summed E-state index contributed by atoms with van der Waals surface area (Å²) in [7, 11) is 0. The first kappa shape index (κ1) is 57.6. The van der Waals surface area contributed by atoms with Crippen molar-refractivity contribution in [2.45, 2.75) is 0 Å². The molecule has 0 bridgehead atoms. The van der Waals surface area contributed by atoms with Gasteiger partial charge >= 0.3 is 0 Å². The molecule has 0 unspecified atom stereocenters. The SMILES string of the molecule is [I-].[I-].[I-].[I-].[I-].[I-].[Mo]. The van der Waals surface area contributed by atoms with Crippen LogP contribution in [0.4, 0.5) is 0 Å². The van der Waals surface area contributed by atoms with Gasteiger partial charge in [0, 0.05) is 21.1 Å². The van der Waals surface area contributed by atoms with E-state index in [2.05, 4.69) is 0 Å². The van der Waals surface area contributed by atoms with E-state index in [0.29, 0.717) is 0 Å². The molecule has 0 fully saturated rings. The van der Waals surface area contributed by atoms with Crippen LogP contribution in [-0.2, 0) is 21.1 Å². The third-order valence-electron chi connectivity index (χ3n) is 0. The first-order valence-electron chi connectivity index (χ1n) is 0. The largest absolute Gasteiger partial charge is 1.00 e. The Bertz CT molecular complexity index is 4.14. The molecule has 0 spiro atoms. The van der Waals surface area contributed by atoms with Crippen LogP contribution >= 0.6 is 0 Å². The third-order valence-corrected chi connectivity index (χ3v) is 0. The molecule has 0 aromatic heterocycles. The zero-order valence-corrected chi connectivity index (χ0v) is 17.6. The van der Waals surface area contributed by atoms with Gasteiger partial charge in [0.05, 0.1) is 0 Å². The molecule has 0 amide bonds. The molecule has 0 rings (SSSR count). The van der Waals surface area contributed by atoms with Crippen LogP contribution in [0.25, 0.3) is 0 Å². The number of hydrogen-bond donors (Lipinski definition) is 0. The van der Waals surface area contributed by atoms with Crippen molar-refractivity contribution >= 4 is 0 Å². The second kappa shape index (κ2) is 43.7. The van der Waals surface area contributed by atoms with Gasteiger partial charge in [0.15, 0.2) is 0 Å². The van der Waals surface area contributed by atoms with Gasteiger partial charge < -0.3 is 144 Å². The Morgan fingerprint density at radius 2 is 0.286 bits per heavy atom. The average molecular weight is 857 g/mol. The monoisotopic (exact) mass is 859 g/mol. The molecule has 0 heterocycles. The van der Waals surface area contributed by atoms with Crippen molar-refractivity contribution < 1.29 is 165 Å². The van der Waals surface area contributed by atoms with E-state index in [-0.39, 0.29) is 165 Å². The molecule has 0 nitrogen and oxygen atoms in total. The van der Waals surface area contributed by atoms with E-state index < -0.39 is 0 Å². The summed E-state index contributed by atoms with van der Waals surface area (Å²) in [5.41, 5.74) is 0. The molecule has 0 aliphatic carbocycles. The Hall–Kier alpha value is 5.07. The van der Waals surface area contributed by atoms with Gasteiger partial charge in [-0.05, 0) is 0 Å². The van der Waals surface area contributed by atoms with E-state index in [0.717, 1.165) is 0 Å². The Balaban J connectivity index is 0. The van der Waals surface area contributed by atoms with Crippen molar-refractivity contribution in [3.05, 3.63) is 0 Å². The van der Waals surface area contributed by atoms with Crippen molar-refractivity contribution in [2.24, 2.45) is 0 Å². The molecular weight excluding hydrogens is 857 g/mol. The van der Waals surface area contributed by atoms with Gasteiger partial charge in [0.25, 0.3) is 0 Å². The summed E-state index contributed by atoms with van der Waals surface area (Å²) in [5.74, 6) is 0. The van der Waals surface area contributed by atoms with Crippen LogP contribution in [0.15, 0.2) is 0 Å². The standard InChI is InChI=1S/6HI.Mo/h6*1H;/p-6. The smallest absolute Gasteiger partial charge is 0 e. The Morgan fingerprint density at radius 3 is 0.286 bits per heavy atom. The minimum Gasteiger partial charge on any atom is -1.00 e. The van der Waals surface area contributed by atoms with Gasteiger partial charge in [0.2, 0.25) is 0 Å². The molecule has 7 heteroatoms. The molecule has 7 heavy (non-hydrogen) atoms. The van der Waals surface area contributed by atoms with Crippen molar-refractivity contribution in [1.29, 1.82) is 0 Å². The van der Waals surface area contributed by atoms with E-state index in [1.807, 2.05) is 0 Å². The molecular formula is I6Mo-6. The fourth-order valence-corrected chi connectivity index (χ4v) is 0. The molecule has 0 radical (unpaired) electrons. The van der Waals surface area contributed by atoms with Gasteiger partial charge in [-0.25, -0.2) is 0 Å². The molecule has 0 atom stereocenters. The minimum atomic E-state index is 0. The molecule has 0 aliphatic heterocycles. The van der Waals surface area contributed by atoms with Crippen LogP contribution in [0.1, 0.15) is 0 Å². The molecule has 0 saturated carbocycles. The second-order valence-corrected chi connectivity index (χ2v) is 0. The second-order valence-electron chi connectivity index (χ2n) is 0. The summed E-state index contributed by atoms with van der Waals surface area (Å²) in [6, 6.07) is 0. The van der Waals surface area contributed by atoms with Gasteiger partial charge in [0.1, 0.15) is 0 Å². The minimum absolute atomic E-state index is 0. The fourth-order valence-electron chi connectivity index (χ4n) is 0. The molecule has 0 aromatic rings. The zero-order chi connectivity index (χ0) is 0. The van der Waals surface area contributed by atoms with Crippen molar-refractivity contribution in [1.82, 2.24) is 0 Å². The fraction of sp³-hybridized carbons (Fsp3) is 0. The van der Waals surface area contributed by atoms with Gasteiger partial charge in [-0.1, -0.05) is 0 Å². The topological polar surface area (TPSA) is 0 Å². The van der Waals surface area contributed by atoms with Crippen LogP contribution in [0.5, 0.6) is 0 Å². The van der Waals surface area contributed by atoms with Gasteiger partial charge in [-0.2, -0.15) is 0 Å². The predicted octanol–water partition coefficient (Wildman–Crippen LogP) is -18.0. The van der Waals surface area contributed by atoms with Gasteiger partial charge in [-0.3, -0.25) is 0 Å². The Morgan fingerprint density at radius 1 is 0.286 bits per heavy atom. The Kier molecular flexibility index (Phi) is 359. The van der Waals surface area contributed by atoms with E-state index >= 15 is 0 Å². The van der Waals surface area contributed by atoms with Crippen molar-refractivity contribution in [3.63, 3.8) is 0 Å². The maximum Gasteiger partial charge on any atom is 0 e. The van der Waals surface area contributed by atoms with Crippen LogP contribution in [0, 0.1) is 0 Å². The van der Waals surface area contributed by atoms with Crippen LogP contribution in [0.3, 0.4) is 0 Å². The van der Waals surface area contributed by atoms with E-state index in [1.54, 1.807) is 0 Å². The number of halogens is 6. The average Bonchev–Trinajstić information content (AvgIpc) is 0. The molecule has 0 aliphatic rings. The molecule has 0 saturated heterocycles. The third kappa shape index (κ3) is 35.4. The quantitative estimate of drug-likeness (QED) is 0.168. The van der Waals surface area contributed by atoms with Crippen LogP contribution in [0.2, 0.25) is 0 Å². The number of rotatable bonds is 0. The summed E-state index contributed by atoms with van der Waals surface area (Å²) in [6.07, 6.45) is 0. The predicted molar refractivity (Wildman–Crippen MR) is 0 cm³/mol. The number of hydrogen-bond acceptors (Lipinski definition) is 0. The summed E-state index contributed by atoms with van der Waals surface area (Å²) in [5, 5.41) is 0. The summed E-state index contributed by atoms with van der Waals surface area (Å²) in [4.78, 5) is 0.